The van der Waals surface area contributed by atoms with Gasteiger partial charge in [-0.1, -0.05) is 23.2 Å². The summed E-state index contributed by atoms with van der Waals surface area (Å²) in [5, 5.41) is 5.27. The number of aromatic nitrogens is 1. The fraction of sp³-hybridized carbons (Fsp3) is 0.500. The molecule has 3 nitrogen and oxygen atoms in total. The minimum atomic E-state index is -0.0966. The average molecular weight is 375 g/mol. The minimum Gasteiger partial charge on any atom is -0.345 e. The maximum absolute atomic E-state index is 12.9. The summed E-state index contributed by atoms with van der Waals surface area (Å²) in [5.41, 5.74) is 1.08. The van der Waals surface area contributed by atoms with Gasteiger partial charge in [0.15, 0.2) is 0 Å². The molecule has 1 aromatic heterocycles. The van der Waals surface area contributed by atoms with Crippen LogP contribution in [0.25, 0.3) is 10.9 Å². The molecule has 4 aliphatic rings. The fourth-order valence-corrected chi connectivity index (χ4v) is 6.27. The average Bonchev–Trinajstić information content (AvgIpc) is 2.53. The highest BCUT2D eigenvalue weighted by molar-refractivity contribution is 6.37. The number of fused-ring (bicyclic) bond motifs is 1. The van der Waals surface area contributed by atoms with Gasteiger partial charge in [-0.15, -0.1) is 0 Å². The van der Waals surface area contributed by atoms with Crippen LogP contribution in [0.4, 0.5) is 0 Å². The molecule has 0 radical (unpaired) electrons. The third-order valence-electron chi connectivity index (χ3n) is 6.37. The molecule has 0 atom stereocenters. The lowest BCUT2D eigenvalue weighted by Crippen LogP contribution is -2.59. The molecule has 0 unspecified atom stereocenters. The summed E-state index contributed by atoms with van der Waals surface area (Å²) in [6.07, 6.45) is 7.45. The Hall–Kier alpha value is -1.32. The smallest absolute Gasteiger partial charge is 0.270 e. The predicted molar refractivity (Wildman–Crippen MR) is 100 cm³/mol. The van der Waals surface area contributed by atoms with Gasteiger partial charge in [-0.05, 0) is 80.5 Å². The SMILES string of the molecule is O=C(NC12CC3CC(CC(C3)C1)C2)c1cc(Cl)c2cc(Cl)ccc2n1. The number of carbonyl (C=O) groups excluding carboxylic acids is 1. The van der Waals surface area contributed by atoms with Crippen molar-refractivity contribution in [2.75, 3.05) is 0 Å². The second-order valence-electron chi connectivity index (χ2n) is 8.30. The number of benzene rings is 1. The van der Waals surface area contributed by atoms with Gasteiger partial charge in [0.1, 0.15) is 5.69 Å². The van der Waals surface area contributed by atoms with Crippen molar-refractivity contribution < 1.29 is 4.79 Å². The molecule has 25 heavy (non-hydrogen) atoms. The molecular weight excluding hydrogens is 355 g/mol. The summed E-state index contributed by atoms with van der Waals surface area (Å²) in [6.45, 7) is 0. The largest absolute Gasteiger partial charge is 0.345 e. The standard InChI is InChI=1S/C20H20Cl2N2O/c21-14-1-2-17-15(6-14)16(22)7-18(23-17)19(25)24-20-8-11-3-12(9-20)5-13(4-11)10-20/h1-2,6-7,11-13H,3-5,8-10H2,(H,24,25). The van der Waals surface area contributed by atoms with Crippen molar-refractivity contribution in [1.29, 1.82) is 0 Å². The van der Waals surface area contributed by atoms with Gasteiger partial charge < -0.3 is 5.32 Å². The summed E-state index contributed by atoms with van der Waals surface area (Å²) in [4.78, 5) is 17.5. The summed E-state index contributed by atoms with van der Waals surface area (Å²) >= 11 is 12.4. The number of nitrogens with zero attached hydrogens (tertiary/aromatic N) is 1. The van der Waals surface area contributed by atoms with Crippen LogP contribution in [-0.2, 0) is 0 Å². The summed E-state index contributed by atoms with van der Waals surface area (Å²) in [5.74, 6) is 2.28. The zero-order valence-corrected chi connectivity index (χ0v) is 15.4. The molecule has 130 valence electrons. The zero-order chi connectivity index (χ0) is 17.2. The van der Waals surface area contributed by atoms with Gasteiger partial charge in [-0.25, -0.2) is 4.98 Å². The summed E-state index contributed by atoms with van der Waals surface area (Å²) in [6, 6.07) is 7.03. The van der Waals surface area contributed by atoms with E-state index in [1.165, 1.54) is 19.3 Å². The molecule has 1 aromatic carbocycles. The fourth-order valence-electron chi connectivity index (χ4n) is 5.84. The van der Waals surface area contributed by atoms with Crippen LogP contribution >= 0.6 is 23.2 Å². The van der Waals surface area contributed by atoms with Crippen LogP contribution in [0, 0.1) is 17.8 Å². The number of halogens is 2. The number of nitrogens with one attached hydrogen (secondary N) is 1. The Labute approximate surface area is 157 Å². The highest BCUT2D eigenvalue weighted by Gasteiger charge is 2.51. The molecule has 0 aliphatic heterocycles. The second kappa shape index (κ2) is 5.59. The van der Waals surface area contributed by atoms with E-state index in [1.807, 2.05) is 6.07 Å². The Morgan fingerprint density at radius 3 is 2.32 bits per heavy atom. The van der Waals surface area contributed by atoms with Crippen LogP contribution in [0.2, 0.25) is 10.0 Å². The molecule has 5 heteroatoms. The van der Waals surface area contributed by atoms with Gasteiger partial charge >= 0.3 is 0 Å². The van der Waals surface area contributed by atoms with E-state index >= 15 is 0 Å². The Morgan fingerprint density at radius 1 is 1.04 bits per heavy atom. The molecule has 1 amide bonds. The molecule has 4 aliphatic carbocycles. The zero-order valence-electron chi connectivity index (χ0n) is 13.9. The van der Waals surface area contributed by atoms with E-state index in [-0.39, 0.29) is 11.4 Å². The topological polar surface area (TPSA) is 42.0 Å². The first kappa shape index (κ1) is 15.9. The lowest BCUT2D eigenvalue weighted by Gasteiger charge is -2.56. The van der Waals surface area contributed by atoms with Gasteiger partial charge in [0.2, 0.25) is 0 Å². The van der Waals surface area contributed by atoms with Crippen molar-refractivity contribution in [3.05, 3.63) is 40.0 Å². The monoisotopic (exact) mass is 374 g/mol. The van der Waals surface area contributed by atoms with Crippen molar-refractivity contribution in [1.82, 2.24) is 10.3 Å². The molecule has 4 fully saturated rings. The number of amides is 1. The third-order valence-corrected chi connectivity index (χ3v) is 6.92. The lowest BCUT2D eigenvalue weighted by atomic mass is 9.53. The van der Waals surface area contributed by atoms with Crippen molar-refractivity contribution in [3.8, 4) is 0 Å². The van der Waals surface area contributed by atoms with E-state index in [0.717, 1.165) is 42.4 Å². The Bertz CT molecular complexity index is 844. The van der Waals surface area contributed by atoms with Crippen LogP contribution in [0.1, 0.15) is 49.0 Å². The van der Waals surface area contributed by atoms with Gasteiger partial charge in [-0.2, -0.15) is 0 Å². The predicted octanol–water partition coefficient (Wildman–Crippen LogP) is 5.24. The quantitative estimate of drug-likeness (QED) is 0.780. The number of rotatable bonds is 2. The highest BCUT2D eigenvalue weighted by atomic mass is 35.5. The van der Waals surface area contributed by atoms with Crippen molar-refractivity contribution >= 4 is 40.0 Å². The van der Waals surface area contributed by atoms with Crippen LogP contribution in [0.3, 0.4) is 0 Å². The first-order valence-electron chi connectivity index (χ1n) is 9.08. The first-order chi connectivity index (χ1) is 12.0. The maximum Gasteiger partial charge on any atom is 0.270 e. The first-order valence-corrected chi connectivity index (χ1v) is 9.84. The molecule has 1 N–H and O–H groups in total. The van der Waals surface area contributed by atoms with E-state index in [1.54, 1.807) is 18.2 Å². The molecule has 4 saturated carbocycles. The van der Waals surface area contributed by atoms with E-state index in [4.69, 9.17) is 23.2 Å². The molecule has 6 rings (SSSR count). The third kappa shape index (κ3) is 2.72. The molecule has 0 saturated heterocycles. The van der Waals surface area contributed by atoms with E-state index in [0.29, 0.717) is 21.3 Å². The van der Waals surface area contributed by atoms with E-state index < -0.39 is 0 Å². The second-order valence-corrected chi connectivity index (χ2v) is 9.15. The van der Waals surface area contributed by atoms with Gasteiger partial charge in [-0.3, -0.25) is 4.79 Å². The Morgan fingerprint density at radius 2 is 1.68 bits per heavy atom. The van der Waals surface area contributed by atoms with Gasteiger partial charge in [0.25, 0.3) is 5.91 Å². The minimum absolute atomic E-state index is 0.0189. The normalized spacial score (nSPS) is 33.0. The van der Waals surface area contributed by atoms with E-state index in [2.05, 4.69) is 10.3 Å². The van der Waals surface area contributed by atoms with Gasteiger partial charge in [0.05, 0.1) is 10.5 Å². The molecule has 1 heterocycles. The molecular formula is C20H20Cl2N2O. The van der Waals surface area contributed by atoms with Crippen LogP contribution in [0.5, 0.6) is 0 Å². The molecule has 2 aromatic rings. The highest BCUT2D eigenvalue weighted by Crippen LogP contribution is 2.55. The van der Waals surface area contributed by atoms with Crippen LogP contribution in [0.15, 0.2) is 24.3 Å². The summed E-state index contributed by atoms with van der Waals surface area (Å²) in [7, 11) is 0. The summed E-state index contributed by atoms with van der Waals surface area (Å²) < 4.78 is 0. The van der Waals surface area contributed by atoms with Crippen molar-refractivity contribution in [3.63, 3.8) is 0 Å². The molecule has 0 spiro atoms. The maximum atomic E-state index is 12.9. The Kier molecular flexibility index (Phi) is 3.55. The number of pyridine rings is 1. The number of carbonyl (C=O) groups is 1. The molecule has 4 bridgehead atoms. The number of hydrogen-bond acceptors (Lipinski definition) is 2. The van der Waals surface area contributed by atoms with Gasteiger partial charge in [0, 0.05) is 15.9 Å². The number of hydrogen-bond donors (Lipinski definition) is 1. The van der Waals surface area contributed by atoms with Crippen LogP contribution < -0.4 is 5.32 Å². The lowest BCUT2D eigenvalue weighted by molar-refractivity contribution is -0.0167. The Balaban J connectivity index is 1.45. The van der Waals surface area contributed by atoms with Crippen molar-refractivity contribution in [2.45, 2.75) is 44.1 Å². The van der Waals surface area contributed by atoms with Crippen LogP contribution in [-0.4, -0.2) is 16.4 Å². The van der Waals surface area contributed by atoms with Crippen molar-refractivity contribution in [2.24, 2.45) is 17.8 Å². The van der Waals surface area contributed by atoms with E-state index in [9.17, 15) is 4.79 Å².